The summed E-state index contributed by atoms with van der Waals surface area (Å²) in [6, 6.07) is 10.8. The number of hydrogen-bond acceptors (Lipinski definition) is 6. The van der Waals surface area contributed by atoms with Crippen LogP contribution in [-0.2, 0) is 14.3 Å². The maximum absolute atomic E-state index is 13.3. The number of hydrogen-bond donors (Lipinski definition) is 1. The number of rotatable bonds is 4. The molecule has 5 nitrogen and oxygen atoms in total. The molecule has 0 saturated carbocycles. The van der Waals surface area contributed by atoms with E-state index < -0.39 is 11.8 Å². The molecule has 6 heteroatoms. The molecule has 3 atom stereocenters. The van der Waals surface area contributed by atoms with Crippen molar-refractivity contribution in [1.82, 2.24) is 0 Å². The molecular weight excluding hydrogens is 386 g/mol. The summed E-state index contributed by atoms with van der Waals surface area (Å²) < 4.78 is 5.31. The molecule has 1 unspecified atom stereocenters. The summed E-state index contributed by atoms with van der Waals surface area (Å²) in [5, 5.41) is 12.0. The Bertz CT molecular complexity index is 1010. The Morgan fingerprint density at radius 2 is 2.10 bits per heavy atom. The molecule has 1 aliphatic heterocycles. The van der Waals surface area contributed by atoms with Crippen LogP contribution in [0.15, 0.2) is 58.0 Å². The first-order chi connectivity index (χ1) is 14.0. The third-order valence-electron chi connectivity index (χ3n) is 5.60. The van der Waals surface area contributed by atoms with Crippen molar-refractivity contribution in [3.05, 3.63) is 63.5 Å². The number of esters is 1. The predicted molar refractivity (Wildman–Crippen MR) is 112 cm³/mol. The van der Waals surface area contributed by atoms with Crippen LogP contribution < -0.4 is 0 Å². The van der Waals surface area contributed by atoms with Crippen LogP contribution in [0.4, 0.5) is 0 Å². The molecule has 1 aromatic heterocycles. The first kappa shape index (κ1) is 19.6. The number of allylic oxidation sites excluding steroid dienone is 2. The maximum Gasteiger partial charge on any atom is 0.315 e. The van der Waals surface area contributed by atoms with Crippen LogP contribution in [0.3, 0.4) is 0 Å². The van der Waals surface area contributed by atoms with Crippen molar-refractivity contribution in [3.63, 3.8) is 0 Å². The van der Waals surface area contributed by atoms with Crippen molar-refractivity contribution in [2.45, 2.75) is 38.5 Å². The van der Waals surface area contributed by atoms with Crippen molar-refractivity contribution in [1.29, 1.82) is 0 Å². The van der Waals surface area contributed by atoms with E-state index >= 15 is 0 Å². The molecule has 2 aliphatic rings. The Balaban J connectivity index is 1.82. The number of carbonyl (C=O) groups excluding carboxylic acids is 2. The monoisotopic (exact) mass is 409 g/mol. The lowest BCUT2D eigenvalue weighted by molar-refractivity contribution is -0.146. The van der Waals surface area contributed by atoms with E-state index in [-0.39, 0.29) is 30.0 Å². The molecule has 4 rings (SSSR count). The Labute approximate surface area is 173 Å². The quantitative estimate of drug-likeness (QED) is 0.749. The Hall–Kier alpha value is -2.73. The minimum atomic E-state index is -0.669. The molecule has 0 radical (unpaired) electrons. The van der Waals surface area contributed by atoms with E-state index in [1.54, 1.807) is 36.5 Å². The highest BCUT2D eigenvalue weighted by Crippen LogP contribution is 2.47. The lowest BCUT2D eigenvalue weighted by atomic mass is 9.70. The van der Waals surface area contributed by atoms with Gasteiger partial charge in [0.25, 0.3) is 0 Å². The number of aromatic hydroxyl groups is 1. The van der Waals surface area contributed by atoms with Crippen molar-refractivity contribution in [2.24, 2.45) is 10.9 Å². The van der Waals surface area contributed by atoms with Gasteiger partial charge in [0.1, 0.15) is 11.7 Å². The van der Waals surface area contributed by atoms with Gasteiger partial charge < -0.3 is 9.84 Å². The number of ketones is 1. The SMILES string of the molecule is CCOC(=O)C1C(C)=NC2=C(C(=O)C[C@H](c3cccs3)C2)[C@@H]1c1cccc(O)c1. The zero-order valence-corrected chi connectivity index (χ0v) is 17.2. The number of nitrogens with zero attached hydrogens (tertiary/aromatic N) is 1. The zero-order chi connectivity index (χ0) is 20.5. The molecule has 0 spiro atoms. The van der Waals surface area contributed by atoms with Gasteiger partial charge in [0.05, 0.1) is 6.61 Å². The standard InChI is InChI=1S/C23H23NO4S/c1-3-28-23(27)20-13(2)24-17-11-15(19-8-5-9-29-19)12-18(26)22(17)21(20)14-6-4-7-16(25)10-14/h4-10,15,20-21,25H,3,11-12H2,1-2H3/t15-,20?,21-/m1/s1. The highest BCUT2D eigenvalue weighted by Gasteiger charge is 2.44. The Kier molecular flexibility index (Phi) is 5.37. The number of benzene rings is 1. The molecule has 2 heterocycles. The molecule has 150 valence electrons. The summed E-state index contributed by atoms with van der Waals surface area (Å²) in [6.45, 7) is 3.84. The van der Waals surface area contributed by atoms with E-state index in [1.807, 2.05) is 24.4 Å². The maximum atomic E-state index is 13.3. The van der Waals surface area contributed by atoms with Gasteiger partial charge in [-0.3, -0.25) is 14.6 Å². The highest BCUT2D eigenvalue weighted by atomic mass is 32.1. The summed E-state index contributed by atoms with van der Waals surface area (Å²) in [4.78, 5) is 32.0. The molecule has 0 fully saturated rings. The fraction of sp³-hybridized carbons (Fsp3) is 0.348. The van der Waals surface area contributed by atoms with E-state index in [1.165, 1.54) is 4.88 Å². The molecular formula is C23H23NO4S. The second-order valence-corrected chi connectivity index (χ2v) is 8.44. The molecule has 29 heavy (non-hydrogen) atoms. The molecule has 2 aromatic rings. The number of phenolic OH excluding ortho intramolecular Hbond substituents is 1. The zero-order valence-electron chi connectivity index (χ0n) is 16.4. The van der Waals surface area contributed by atoms with Crippen LogP contribution in [0.1, 0.15) is 49.0 Å². The molecule has 0 saturated heterocycles. The van der Waals surface area contributed by atoms with Gasteiger partial charge >= 0.3 is 5.97 Å². The van der Waals surface area contributed by atoms with E-state index in [0.717, 1.165) is 11.3 Å². The van der Waals surface area contributed by atoms with Crippen molar-refractivity contribution < 1.29 is 19.4 Å². The first-order valence-electron chi connectivity index (χ1n) is 9.80. The predicted octanol–water partition coefficient (Wildman–Crippen LogP) is 4.59. The highest BCUT2D eigenvalue weighted by molar-refractivity contribution is 7.10. The lowest BCUT2D eigenvalue weighted by Crippen LogP contribution is -2.38. The topological polar surface area (TPSA) is 76.0 Å². The van der Waals surface area contributed by atoms with Gasteiger partial charge in [-0.15, -0.1) is 11.3 Å². The van der Waals surface area contributed by atoms with Crippen molar-refractivity contribution in [3.8, 4) is 5.75 Å². The smallest absolute Gasteiger partial charge is 0.315 e. The van der Waals surface area contributed by atoms with Gasteiger partial charge in [0.2, 0.25) is 0 Å². The van der Waals surface area contributed by atoms with Crippen LogP contribution in [0.25, 0.3) is 0 Å². The van der Waals surface area contributed by atoms with Crippen LogP contribution in [0, 0.1) is 5.92 Å². The van der Waals surface area contributed by atoms with Crippen LogP contribution in [-0.4, -0.2) is 29.2 Å². The van der Waals surface area contributed by atoms with Crippen LogP contribution in [0.2, 0.25) is 0 Å². The molecule has 0 bridgehead atoms. The fourth-order valence-corrected chi connectivity index (χ4v) is 5.23. The summed E-state index contributed by atoms with van der Waals surface area (Å²) in [5.74, 6) is -1.32. The lowest BCUT2D eigenvalue weighted by Gasteiger charge is -2.36. The summed E-state index contributed by atoms with van der Waals surface area (Å²) in [5.41, 5.74) is 2.72. The van der Waals surface area contributed by atoms with Gasteiger partial charge in [0, 0.05) is 40.1 Å². The van der Waals surface area contributed by atoms with Gasteiger partial charge in [-0.1, -0.05) is 18.2 Å². The number of ether oxygens (including phenoxy) is 1. The number of thiophene rings is 1. The Morgan fingerprint density at radius 3 is 2.79 bits per heavy atom. The van der Waals surface area contributed by atoms with Crippen LogP contribution in [0.5, 0.6) is 5.75 Å². The largest absolute Gasteiger partial charge is 0.508 e. The van der Waals surface area contributed by atoms with Crippen molar-refractivity contribution in [2.75, 3.05) is 6.61 Å². The Morgan fingerprint density at radius 1 is 1.28 bits per heavy atom. The normalized spacial score (nSPS) is 24.1. The fourth-order valence-electron chi connectivity index (χ4n) is 4.40. The second-order valence-electron chi connectivity index (χ2n) is 7.46. The minimum Gasteiger partial charge on any atom is -0.508 e. The average molecular weight is 410 g/mol. The summed E-state index contributed by atoms with van der Waals surface area (Å²) in [6.07, 6.45) is 1.07. The van der Waals surface area contributed by atoms with E-state index in [9.17, 15) is 14.7 Å². The molecule has 1 aliphatic carbocycles. The summed E-state index contributed by atoms with van der Waals surface area (Å²) >= 11 is 1.65. The van der Waals surface area contributed by atoms with Gasteiger partial charge in [-0.25, -0.2) is 0 Å². The minimum absolute atomic E-state index is 0.0172. The van der Waals surface area contributed by atoms with Crippen LogP contribution >= 0.6 is 11.3 Å². The van der Waals surface area contributed by atoms with Gasteiger partial charge in [-0.05, 0) is 49.4 Å². The first-order valence-corrected chi connectivity index (χ1v) is 10.7. The van der Waals surface area contributed by atoms with E-state index in [2.05, 4.69) is 6.07 Å². The van der Waals surface area contributed by atoms with Gasteiger partial charge in [0.15, 0.2) is 5.78 Å². The molecule has 1 aromatic carbocycles. The number of Topliss-reactive ketones (excluding diaryl/α,β-unsaturated/α-hetero) is 1. The van der Waals surface area contributed by atoms with Crippen molar-refractivity contribution >= 4 is 28.8 Å². The third-order valence-corrected chi connectivity index (χ3v) is 6.64. The number of carbonyl (C=O) groups is 2. The third kappa shape index (κ3) is 3.65. The number of aliphatic imine (C=N–C) groups is 1. The van der Waals surface area contributed by atoms with E-state index in [0.29, 0.717) is 24.1 Å². The average Bonchev–Trinajstić information content (AvgIpc) is 3.21. The molecule has 0 amide bonds. The van der Waals surface area contributed by atoms with E-state index in [4.69, 9.17) is 9.73 Å². The number of phenols is 1. The second kappa shape index (κ2) is 7.95. The molecule has 1 N–H and O–H groups in total. The van der Waals surface area contributed by atoms with Gasteiger partial charge in [-0.2, -0.15) is 0 Å². The summed E-state index contributed by atoms with van der Waals surface area (Å²) in [7, 11) is 0.